The lowest BCUT2D eigenvalue weighted by molar-refractivity contribution is -0.114. The van der Waals surface area contributed by atoms with Crippen LogP contribution in [-0.4, -0.2) is 12.5 Å². The monoisotopic (exact) mass is 252 g/mol. The average Bonchev–Trinajstić information content (AvgIpc) is 2.63. The van der Waals surface area contributed by atoms with E-state index in [-0.39, 0.29) is 5.91 Å². The molecule has 2 N–H and O–H groups in total. The van der Waals surface area contributed by atoms with E-state index in [1.54, 1.807) is 18.3 Å². The van der Waals surface area contributed by atoms with E-state index in [1.165, 1.54) is 11.3 Å². The highest BCUT2D eigenvalue weighted by atomic mass is 32.1. The molecule has 0 saturated heterocycles. The number of rotatable bonds is 5. The number of hydrogen-bond donors (Lipinski definition) is 2. The van der Waals surface area contributed by atoms with Gasteiger partial charge in [-0.25, -0.2) is 0 Å². The third kappa shape index (κ3) is 3.30. The first-order chi connectivity index (χ1) is 7.99. The lowest BCUT2D eigenvalue weighted by Gasteiger charge is -2.07. The summed E-state index contributed by atoms with van der Waals surface area (Å²) in [6.07, 6.45) is 1.32. The van der Waals surface area contributed by atoms with Crippen molar-refractivity contribution in [3.63, 3.8) is 0 Å². The quantitative estimate of drug-likeness (QED) is 0.846. The van der Waals surface area contributed by atoms with E-state index in [2.05, 4.69) is 24.5 Å². The van der Waals surface area contributed by atoms with Gasteiger partial charge in [-0.2, -0.15) is 0 Å². The van der Waals surface area contributed by atoms with Gasteiger partial charge in [-0.1, -0.05) is 13.8 Å². The summed E-state index contributed by atoms with van der Waals surface area (Å²) < 4.78 is 0. The van der Waals surface area contributed by atoms with Crippen molar-refractivity contribution in [3.05, 3.63) is 16.3 Å². The van der Waals surface area contributed by atoms with Crippen molar-refractivity contribution in [1.82, 2.24) is 5.32 Å². The maximum Gasteiger partial charge on any atom is 0.221 e. The van der Waals surface area contributed by atoms with Crippen molar-refractivity contribution in [2.75, 3.05) is 11.9 Å². The SMILES string of the molecule is CC(=O)Nc1ccsc1CNCC1CC1(C)C. The standard InChI is InChI=1S/C13H20N2OS/c1-9(16)15-11-4-5-17-12(11)8-14-7-10-6-13(10,2)3/h4-5,10,14H,6-8H2,1-3H3,(H,15,16). The first-order valence-corrected chi connectivity index (χ1v) is 6.91. The minimum absolute atomic E-state index is 0.00650. The van der Waals surface area contributed by atoms with E-state index < -0.39 is 0 Å². The average molecular weight is 252 g/mol. The Labute approximate surface area is 107 Å². The molecule has 1 fully saturated rings. The third-order valence-electron chi connectivity index (χ3n) is 3.45. The van der Waals surface area contributed by atoms with E-state index in [1.807, 2.05) is 11.4 Å². The van der Waals surface area contributed by atoms with E-state index in [0.29, 0.717) is 5.41 Å². The van der Waals surface area contributed by atoms with Crippen LogP contribution in [-0.2, 0) is 11.3 Å². The second-order valence-electron chi connectivity index (χ2n) is 5.46. The molecule has 4 heteroatoms. The van der Waals surface area contributed by atoms with Gasteiger partial charge in [0.05, 0.1) is 5.69 Å². The van der Waals surface area contributed by atoms with Gasteiger partial charge < -0.3 is 10.6 Å². The summed E-state index contributed by atoms with van der Waals surface area (Å²) in [6, 6.07) is 1.96. The highest BCUT2D eigenvalue weighted by Crippen LogP contribution is 2.51. The predicted molar refractivity (Wildman–Crippen MR) is 72.2 cm³/mol. The van der Waals surface area contributed by atoms with Crippen molar-refractivity contribution in [2.45, 2.75) is 33.7 Å². The Morgan fingerprint density at radius 2 is 2.29 bits per heavy atom. The van der Waals surface area contributed by atoms with Crippen LogP contribution in [0.1, 0.15) is 32.1 Å². The van der Waals surface area contributed by atoms with Crippen molar-refractivity contribution in [3.8, 4) is 0 Å². The van der Waals surface area contributed by atoms with E-state index in [4.69, 9.17) is 0 Å². The largest absolute Gasteiger partial charge is 0.325 e. The summed E-state index contributed by atoms with van der Waals surface area (Å²) in [4.78, 5) is 12.2. The first-order valence-electron chi connectivity index (χ1n) is 6.04. The number of carbonyl (C=O) groups excluding carboxylic acids is 1. The molecule has 1 aliphatic carbocycles. The van der Waals surface area contributed by atoms with Crippen LogP contribution < -0.4 is 10.6 Å². The number of carbonyl (C=O) groups is 1. The van der Waals surface area contributed by atoms with Crippen LogP contribution in [0.5, 0.6) is 0 Å². The van der Waals surface area contributed by atoms with Crippen molar-refractivity contribution >= 4 is 22.9 Å². The van der Waals surface area contributed by atoms with Gasteiger partial charge in [0, 0.05) is 18.3 Å². The Morgan fingerprint density at radius 3 is 2.88 bits per heavy atom. The topological polar surface area (TPSA) is 41.1 Å². The molecule has 94 valence electrons. The lowest BCUT2D eigenvalue weighted by Crippen LogP contribution is -2.18. The van der Waals surface area contributed by atoms with Crippen molar-refractivity contribution in [1.29, 1.82) is 0 Å². The minimum Gasteiger partial charge on any atom is -0.325 e. The highest BCUT2D eigenvalue weighted by Gasteiger charge is 2.44. The molecule has 2 rings (SSSR count). The number of anilines is 1. The second kappa shape index (κ2) is 4.78. The first kappa shape index (κ1) is 12.6. The van der Waals surface area contributed by atoms with Gasteiger partial charge in [0.1, 0.15) is 0 Å². The van der Waals surface area contributed by atoms with Gasteiger partial charge in [-0.05, 0) is 35.7 Å². The predicted octanol–water partition coefficient (Wildman–Crippen LogP) is 2.84. The maximum absolute atomic E-state index is 11.0. The zero-order valence-corrected chi connectivity index (χ0v) is 11.5. The summed E-state index contributed by atoms with van der Waals surface area (Å²) in [5.74, 6) is 0.805. The maximum atomic E-state index is 11.0. The van der Waals surface area contributed by atoms with E-state index in [0.717, 1.165) is 24.7 Å². The molecule has 1 aromatic rings. The summed E-state index contributed by atoms with van der Waals surface area (Å²) in [5, 5.41) is 8.35. The molecule has 1 unspecified atom stereocenters. The Balaban J connectivity index is 1.79. The van der Waals surface area contributed by atoms with Crippen LogP contribution >= 0.6 is 11.3 Å². The summed E-state index contributed by atoms with van der Waals surface area (Å²) >= 11 is 1.69. The zero-order chi connectivity index (χ0) is 12.5. The molecule has 3 nitrogen and oxygen atoms in total. The van der Waals surface area contributed by atoms with E-state index in [9.17, 15) is 4.79 Å². The van der Waals surface area contributed by atoms with Crippen molar-refractivity contribution < 1.29 is 4.79 Å². The van der Waals surface area contributed by atoms with Gasteiger partial charge in [0.25, 0.3) is 0 Å². The fraction of sp³-hybridized carbons (Fsp3) is 0.615. The van der Waals surface area contributed by atoms with Crippen molar-refractivity contribution in [2.24, 2.45) is 11.3 Å². The van der Waals surface area contributed by atoms with Gasteiger partial charge in [0.2, 0.25) is 5.91 Å². The molecule has 1 atom stereocenters. The Morgan fingerprint density at radius 1 is 1.59 bits per heavy atom. The molecule has 0 bridgehead atoms. The number of hydrogen-bond acceptors (Lipinski definition) is 3. The van der Waals surface area contributed by atoms with Gasteiger partial charge in [-0.3, -0.25) is 4.79 Å². The van der Waals surface area contributed by atoms with Crippen LogP contribution in [0.15, 0.2) is 11.4 Å². The van der Waals surface area contributed by atoms with Gasteiger partial charge in [-0.15, -0.1) is 11.3 Å². The molecule has 17 heavy (non-hydrogen) atoms. The third-order valence-corrected chi connectivity index (χ3v) is 4.37. The molecule has 0 aromatic carbocycles. The lowest BCUT2D eigenvalue weighted by atomic mass is 10.1. The summed E-state index contributed by atoms with van der Waals surface area (Å²) in [6.45, 7) is 8.09. The second-order valence-corrected chi connectivity index (χ2v) is 6.46. The Kier molecular flexibility index (Phi) is 3.54. The Bertz CT molecular complexity index is 411. The summed E-state index contributed by atoms with van der Waals surface area (Å²) in [5.41, 5.74) is 1.48. The van der Waals surface area contributed by atoms with Gasteiger partial charge in [0.15, 0.2) is 0 Å². The van der Waals surface area contributed by atoms with Crippen LogP contribution in [0, 0.1) is 11.3 Å². The molecule has 0 radical (unpaired) electrons. The molecule has 0 spiro atoms. The number of thiophene rings is 1. The molecular weight excluding hydrogens is 232 g/mol. The number of amides is 1. The molecule has 1 saturated carbocycles. The summed E-state index contributed by atoms with van der Waals surface area (Å²) in [7, 11) is 0. The van der Waals surface area contributed by atoms with Crippen LogP contribution in [0.25, 0.3) is 0 Å². The van der Waals surface area contributed by atoms with Crippen LogP contribution in [0.2, 0.25) is 0 Å². The highest BCUT2D eigenvalue weighted by molar-refractivity contribution is 7.10. The Hall–Kier alpha value is -0.870. The molecule has 1 amide bonds. The van der Waals surface area contributed by atoms with Crippen LogP contribution in [0.3, 0.4) is 0 Å². The van der Waals surface area contributed by atoms with Crippen LogP contribution in [0.4, 0.5) is 5.69 Å². The van der Waals surface area contributed by atoms with E-state index >= 15 is 0 Å². The molecule has 0 aliphatic heterocycles. The normalized spacial score (nSPS) is 21.2. The fourth-order valence-corrected chi connectivity index (χ4v) is 2.86. The zero-order valence-electron chi connectivity index (χ0n) is 10.7. The molecule has 1 aliphatic rings. The smallest absolute Gasteiger partial charge is 0.221 e. The number of nitrogens with one attached hydrogen (secondary N) is 2. The minimum atomic E-state index is -0.00650. The molecular formula is C13H20N2OS. The van der Waals surface area contributed by atoms with Gasteiger partial charge >= 0.3 is 0 Å². The molecule has 1 heterocycles. The molecule has 1 aromatic heterocycles. The fourth-order valence-electron chi connectivity index (χ4n) is 2.06.